The van der Waals surface area contributed by atoms with E-state index in [0.29, 0.717) is 12.3 Å². The number of likely N-dealkylation sites (tertiary alicyclic amines) is 1. The van der Waals surface area contributed by atoms with Crippen LogP contribution in [0.3, 0.4) is 0 Å². The molecule has 1 aromatic rings. The van der Waals surface area contributed by atoms with Crippen molar-refractivity contribution in [2.24, 2.45) is 5.41 Å². The summed E-state index contributed by atoms with van der Waals surface area (Å²) in [4.78, 5) is 13.8. The number of nitrogens with zero attached hydrogens (tertiary/aromatic N) is 1. The normalized spacial score (nSPS) is 22.7. The van der Waals surface area contributed by atoms with Crippen molar-refractivity contribution >= 4 is 18.5 Å². The molecule has 2 rings (SSSR count). The molecule has 1 aliphatic rings. The number of benzene rings is 1. The van der Waals surface area contributed by atoms with E-state index in [1.54, 1.807) is 4.90 Å². The highest BCUT2D eigenvalue weighted by atomic mass is 32.1. The maximum absolute atomic E-state index is 13.5. The fourth-order valence-electron chi connectivity index (χ4n) is 2.75. The van der Waals surface area contributed by atoms with Crippen LogP contribution in [0.2, 0.25) is 0 Å². The lowest BCUT2D eigenvalue weighted by molar-refractivity contribution is -0.218. The van der Waals surface area contributed by atoms with Gasteiger partial charge in [-0.15, -0.1) is 0 Å². The Bertz CT molecular complexity index is 509. The maximum atomic E-state index is 13.5. The molecule has 1 unspecified atom stereocenters. The van der Waals surface area contributed by atoms with E-state index in [9.17, 15) is 18.0 Å². The molecule has 22 heavy (non-hydrogen) atoms. The number of thiol groups is 1. The number of halogens is 3. The van der Waals surface area contributed by atoms with Gasteiger partial charge in [0, 0.05) is 25.4 Å². The summed E-state index contributed by atoms with van der Waals surface area (Å²) >= 11 is 3.92. The molecule has 0 radical (unpaired) electrons. The number of nitrogens with one attached hydrogen (secondary N) is 1. The summed E-state index contributed by atoms with van der Waals surface area (Å²) in [6, 6.07) is 9.30. The second-order valence-corrected chi connectivity index (χ2v) is 5.95. The first-order valence-electron chi connectivity index (χ1n) is 7.11. The third-order valence-electron chi connectivity index (χ3n) is 3.97. The predicted octanol–water partition coefficient (Wildman–Crippen LogP) is 2.49. The molecule has 122 valence electrons. The van der Waals surface area contributed by atoms with Gasteiger partial charge in [-0.25, -0.2) is 0 Å². The van der Waals surface area contributed by atoms with Gasteiger partial charge in [-0.3, -0.25) is 9.69 Å². The number of amides is 1. The lowest BCUT2D eigenvalue weighted by Crippen LogP contribution is -2.52. The Kier molecular flexibility index (Phi) is 5.39. The summed E-state index contributed by atoms with van der Waals surface area (Å²) in [5, 5.41) is 2.34. The van der Waals surface area contributed by atoms with E-state index in [1.165, 1.54) is 0 Å². The first kappa shape index (κ1) is 17.1. The van der Waals surface area contributed by atoms with Crippen molar-refractivity contribution in [1.82, 2.24) is 10.2 Å². The Morgan fingerprint density at radius 3 is 2.59 bits per heavy atom. The molecule has 1 fully saturated rings. The first-order chi connectivity index (χ1) is 10.4. The summed E-state index contributed by atoms with van der Waals surface area (Å²) in [6.07, 6.45) is -4.76. The Labute approximate surface area is 133 Å². The van der Waals surface area contributed by atoms with Crippen molar-refractivity contribution in [2.45, 2.75) is 19.1 Å². The molecular weight excluding hydrogens is 313 g/mol. The minimum absolute atomic E-state index is 0.137. The standard InChI is InChI=1S/C15H19F3N2OS/c16-15(17,18)14(13(21)19-7-9-22)6-8-20(11-14)10-12-4-2-1-3-5-12/h1-5,22H,6-11H2,(H,19,21). The molecule has 1 saturated heterocycles. The predicted molar refractivity (Wildman–Crippen MR) is 81.7 cm³/mol. The summed E-state index contributed by atoms with van der Waals surface area (Å²) in [5.41, 5.74) is -1.37. The van der Waals surface area contributed by atoms with Crippen molar-refractivity contribution in [3.05, 3.63) is 35.9 Å². The average Bonchev–Trinajstić information content (AvgIpc) is 2.91. The summed E-state index contributed by atoms with van der Waals surface area (Å²) in [6.45, 7) is 0.503. The zero-order valence-electron chi connectivity index (χ0n) is 12.1. The molecule has 0 saturated carbocycles. The highest BCUT2D eigenvalue weighted by molar-refractivity contribution is 7.80. The molecule has 1 heterocycles. The van der Waals surface area contributed by atoms with Crippen molar-refractivity contribution in [2.75, 3.05) is 25.4 Å². The second kappa shape index (κ2) is 6.91. The SMILES string of the molecule is O=C(NCCS)C1(C(F)(F)F)CCN(Cc2ccccc2)C1. The van der Waals surface area contributed by atoms with Crippen LogP contribution in [0.5, 0.6) is 0 Å². The average molecular weight is 332 g/mol. The monoisotopic (exact) mass is 332 g/mol. The summed E-state index contributed by atoms with van der Waals surface area (Å²) < 4.78 is 40.5. The highest BCUT2D eigenvalue weighted by Crippen LogP contribution is 2.46. The van der Waals surface area contributed by atoms with E-state index in [4.69, 9.17) is 0 Å². The van der Waals surface area contributed by atoms with Gasteiger partial charge in [0.05, 0.1) is 0 Å². The van der Waals surface area contributed by atoms with Gasteiger partial charge in [-0.05, 0) is 18.5 Å². The Morgan fingerprint density at radius 1 is 1.32 bits per heavy atom. The van der Waals surface area contributed by atoms with Gasteiger partial charge >= 0.3 is 6.18 Å². The van der Waals surface area contributed by atoms with E-state index >= 15 is 0 Å². The van der Waals surface area contributed by atoms with Crippen LogP contribution in [-0.2, 0) is 11.3 Å². The van der Waals surface area contributed by atoms with Gasteiger partial charge in [-0.1, -0.05) is 30.3 Å². The van der Waals surface area contributed by atoms with Crippen molar-refractivity contribution in [3.63, 3.8) is 0 Å². The van der Waals surface area contributed by atoms with E-state index in [-0.39, 0.29) is 26.1 Å². The third kappa shape index (κ3) is 3.57. The van der Waals surface area contributed by atoms with Crippen LogP contribution in [0.1, 0.15) is 12.0 Å². The molecule has 0 spiro atoms. The smallest absolute Gasteiger partial charge is 0.354 e. The molecule has 1 N–H and O–H groups in total. The largest absolute Gasteiger partial charge is 0.404 e. The van der Waals surface area contributed by atoms with Crippen LogP contribution in [0.25, 0.3) is 0 Å². The molecule has 1 atom stereocenters. The van der Waals surface area contributed by atoms with Gasteiger partial charge in [0.2, 0.25) is 5.91 Å². The van der Waals surface area contributed by atoms with E-state index in [1.807, 2.05) is 30.3 Å². The van der Waals surface area contributed by atoms with Crippen LogP contribution in [0, 0.1) is 5.41 Å². The molecule has 1 amide bonds. The number of hydrogen-bond donors (Lipinski definition) is 2. The molecule has 1 aliphatic heterocycles. The van der Waals surface area contributed by atoms with Crippen molar-refractivity contribution in [1.29, 1.82) is 0 Å². The van der Waals surface area contributed by atoms with Crippen molar-refractivity contribution < 1.29 is 18.0 Å². The topological polar surface area (TPSA) is 32.3 Å². The molecule has 0 aromatic heterocycles. The fraction of sp³-hybridized carbons (Fsp3) is 0.533. The Hall–Kier alpha value is -1.21. The van der Waals surface area contributed by atoms with Gasteiger partial charge in [0.15, 0.2) is 5.41 Å². The van der Waals surface area contributed by atoms with Gasteiger partial charge < -0.3 is 5.32 Å². The van der Waals surface area contributed by atoms with Crippen LogP contribution in [0.4, 0.5) is 13.2 Å². The zero-order chi connectivity index (χ0) is 16.2. The van der Waals surface area contributed by atoms with Crippen molar-refractivity contribution in [3.8, 4) is 0 Å². The Balaban J connectivity index is 2.11. The number of alkyl halides is 3. The highest BCUT2D eigenvalue weighted by Gasteiger charge is 2.62. The van der Waals surface area contributed by atoms with E-state index in [2.05, 4.69) is 17.9 Å². The minimum Gasteiger partial charge on any atom is -0.354 e. The first-order valence-corrected chi connectivity index (χ1v) is 7.74. The van der Waals surface area contributed by atoms with Gasteiger partial charge in [-0.2, -0.15) is 25.8 Å². The summed E-state index contributed by atoms with van der Waals surface area (Å²) in [5.74, 6) is -0.627. The lowest BCUT2D eigenvalue weighted by Gasteiger charge is -2.30. The molecular formula is C15H19F3N2OS. The van der Waals surface area contributed by atoms with E-state index < -0.39 is 17.5 Å². The quantitative estimate of drug-likeness (QED) is 0.812. The molecule has 3 nitrogen and oxygen atoms in total. The molecule has 0 aliphatic carbocycles. The molecule has 7 heteroatoms. The number of carbonyl (C=O) groups is 1. The maximum Gasteiger partial charge on any atom is 0.404 e. The number of carbonyl (C=O) groups excluding carboxylic acids is 1. The fourth-order valence-corrected chi connectivity index (χ4v) is 2.86. The lowest BCUT2D eigenvalue weighted by atomic mass is 9.85. The third-order valence-corrected chi connectivity index (χ3v) is 4.20. The van der Waals surface area contributed by atoms with E-state index in [0.717, 1.165) is 5.56 Å². The Morgan fingerprint density at radius 2 is 2.00 bits per heavy atom. The zero-order valence-corrected chi connectivity index (χ0v) is 13.0. The second-order valence-electron chi connectivity index (χ2n) is 5.51. The van der Waals surface area contributed by atoms with Gasteiger partial charge in [0.25, 0.3) is 0 Å². The number of rotatable bonds is 5. The van der Waals surface area contributed by atoms with Crippen LogP contribution in [-0.4, -0.2) is 42.4 Å². The molecule has 0 bridgehead atoms. The van der Waals surface area contributed by atoms with Crippen LogP contribution in [0.15, 0.2) is 30.3 Å². The molecule has 1 aromatic carbocycles. The summed E-state index contributed by atoms with van der Waals surface area (Å²) in [7, 11) is 0. The van der Waals surface area contributed by atoms with Gasteiger partial charge in [0.1, 0.15) is 0 Å². The number of hydrogen-bond acceptors (Lipinski definition) is 3. The van der Waals surface area contributed by atoms with Crippen LogP contribution < -0.4 is 5.32 Å². The van der Waals surface area contributed by atoms with Crippen LogP contribution >= 0.6 is 12.6 Å². The minimum atomic E-state index is -4.56.